The Balaban J connectivity index is 2.51. The second-order valence-electron chi connectivity index (χ2n) is 3.44. The van der Waals surface area contributed by atoms with Crippen LogP contribution in [0.4, 0.5) is 0 Å². The standard InChI is InChI=1S/C9H15Br2N3/c1-3-4-5-6-7(2)14-9(11)12-8(10)13-14/h7H,3-6H2,1-2H3. The fourth-order valence-corrected chi connectivity index (χ4v) is 2.55. The molecular weight excluding hydrogens is 310 g/mol. The number of unbranched alkanes of at least 4 members (excludes halogenated alkanes) is 2. The van der Waals surface area contributed by atoms with Crippen molar-refractivity contribution in [3.05, 3.63) is 9.47 Å². The van der Waals surface area contributed by atoms with E-state index in [2.05, 4.69) is 55.8 Å². The first-order valence-electron chi connectivity index (χ1n) is 4.92. The molecule has 0 spiro atoms. The summed E-state index contributed by atoms with van der Waals surface area (Å²) in [6, 6.07) is 0.412. The maximum Gasteiger partial charge on any atom is 0.218 e. The van der Waals surface area contributed by atoms with Crippen molar-refractivity contribution in [2.24, 2.45) is 0 Å². The third kappa shape index (κ3) is 3.35. The van der Waals surface area contributed by atoms with E-state index in [0.717, 1.165) is 11.2 Å². The van der Waals surface area contributed by atoms with Gasteiger partial charge in [-0.15, -0.1) is 5.10 Å². The number of aromatic nitrogens is 3. The third-order valence-corrected chi connectivity index (χ3v) is 3.08. The smallest absolute Gasteiger partial charge is 0.218 e. The summed E-state index contributed by atoms with van der Waals surface area (Å²) in [6.07, 6.45) is 4.95. The van der Waals surface area contributed by atoms with Crippen LogP contribution in [0.15, 0.2) is 9.47 Å². The SMILES string of the molecule is CCCCCC(C)n1nc(Br)nc1Br. The average molecular weight is 325 g/mol. The second kappa shape index (κ2) is 5.85. The van der Waals surface area contributed by atoms with E-state index in [1.54, 1.807) is 0 Å². The Morgan fingerprint density at radius 1 is 1.36 bits per heavy atom. The van der Waals surface area contributed by atoms with Crippen molar-refractivity contribution in [2.75, 3.05) is 0 Å². The largest absolute Gasteiger partial charge is 0.236 e. The van der Waals surface area contributed by atoms with Gasteiger partial charge in [-0.25, -0.2) is 4.68 Å². The summed E-state index contributed by atoms with van der Waals surface area (Å²) in [5.41, 5.74) is 0. The molecule has 1 atom stereocenters. The molecule has 0 aromatic carbocycles. The molecule has 80 valence electrons. The average Bonchev–Trinajstić information content (AvgIpc) is 2.45. The fraction of sp³-hybridized carbons (Fsp3) is 0.778. The van der Waals surface area contributed by atoms with Gasteiger partial charge < -0.3 is 0 Å². The Bertz CT molecular complexity index is 286. The number of nitrogens with zero attached hydrogens (tertiary/aromatic N) is 3. The molecule has 0 saturated heterocycles. The zero-order valence-corrected chi connectivity index (χ0v) is 11.7. The highest BCUT2D eigenvalue weighted by Crippen LogP contribution is 2.20. The third-order valence-electron chi connectivity index (χ3n) is 2.21. The molecule has 0 aliphatic heterocycles. The van der Waals surface area contributed by atoms with Gasteiger partial charge in [0.15, 0.2) is 4.73 Å². The molecule has 0 N–H and O–H groups in total. The second-order valence-corrected chi connectivity index (χ2v) is 4.86. The van der Waals surface area contributed by atoms with Crippen LogP contribution in [-0.4, -0.2) is 14.8 Å². The molecule has 1 unspecified atom stereocenters. The Morgan fingerprint density at radius 3 is 2.57 bits per heavy atom. The molecule has 0 radical (unpaired) electrons. The van der Waals surface area contributed by atoms with Gasteiger partial charge in [0.2, 0.25) is 4.73 Å². The van der Waals surface area contributed by atoms with Crippen molar-refractivity contribution < 1.29 is 0 Å². The van der Waals surface area contributed by atoms with E-state index < -0.39 is 0 Å². The molecule has 1 aromatic rings. The van der Waals surface area contributed by atoms with Gasteiger partial charge >= 0.3 is 0 Å². The zero-order chi connectivity index (χ0) is 10.6. The molecule has 1 heterocycles. The molecule has 0 amide bonds. The van der Waals surface area contributed by atoms with Gasteiger partial charge in [-0.05, 0) is 45.2 Å². The molecular formula is C9H15Br2N3. The lowest BCUT2D eigenvalue weighted by Crippen LogP contribution is -2.07. The van der Waals surface area contributed by atoms with E-state index in [1.807, 2.05) is 4.68 Å². The maximum absolute atomic E-state index is 4.26. The Kier molecular flexibility index (Phi) is 5.09. The molecule has 0 aliphatic carbocycles. The van der Waals surface area contributed by atoms with Crippen molar-refractivity contribution in [2.45, 2.75) is 45.6 Å². The Morgan fingerprint density at radius 2 is 2.07 bits per heavy atom. The fourth-order valence-electron chi connectivity index (χ4n) is 1.37. The lowest BCUT2D eigenvalue weighted by atomic mass is 10.1. The molecule has 0 saturated carbocycles. The minimum atomic E-state index is 0.412. The predicted molar refractivity (Wildman–Crippen MR) is 64.3 cm³/mol. The first kappa shape index (κ1) is 12.2. The zero-order valence-electron chi connectivity index (χ0n) is 8.50. The first-order valence-corrected chi connectivity index (χ1v) is 6.51. The highest BCUT2D eigenvalue weighted by Gasteiger charge is 2.11. The van der Waals surface area contributed by atoms with Crippen LogP contribution in [0.3, 0.4) is 0 Å². The maximum atomic E-state index is 4.26. The van der Waals surface area contributed by atoms with Gasteiger partial charge in [0.25, 0.3) is 0 Å². The summed E-state index contributed by atoms with van der Waals surface area (Å²) >= 11 is 6.65. The lowest BCUT2D eigenvalue weighted by Gasteiger charge is -2.11. The van der Waals surface area contributed by atoms with Crippen molar-refractivity contribution in [1.82, 2.24) is 14.8 Å². The number of hydrogen-bond donors (Lipinski definition) is 0. The molecule has 14 heavy (non-hydrogen) atoms. The van der Waals surface area contributed by atoms with Gasteiger partial charge in [0.1, 0.15) is 0 Å². The van der Waals surface area contributed by atoms with E-state index in [1.165, 1.54) is 19.3 Å². The monoisotopic (exact) mass is 323 g/mol. The van der Waals surface area contributed by atoms with Crippen LogP contribution < -0.4 is 0 Å². The van der Waals surface area contributed by atoms with Crippen LogP contribution in [0.1, 0.15) is 45.6 Å². The topological polar surface area (TPSA) is 30.7 Å². The van der Waals surface area contributed by atoms with Crippen molar-refractivity contribution in [1.29, 1.82) is 0 Å². The first-order chi connectivity index (χ1) is 6.65. The Hall–Kier alpha value is 0.1000. The summed E-state index contributed by atoms with van der Waals surface area (Å²) in [4.78, 5) is 4.15. The van der Waals surface area contributed by atoms with E-state index in [4.69, 9.17) is 0 Å². The minimum Gasteiger partial charge on any atom is -0.236 e. The van der Waals surface area contributed by atoms with Gasteiger partial charge in [0, 0.05) is 0 Å². The van der Waals surface area contributed by atoms with E-state index in [9.17, 15) is 0 Å². The van der Waals surface area contributed by atoms with Crippen LogP contribution >= 0.6 is 31.9 Å². The number of hydrogen-bond acceptors (Lipinski definition) is 2. The van der Waals surface area contributed by atoms with Crippen LogP contribution in [0.2, 0.25) is 0 Å². The predicted octanol–water partition coefficient (Wildman–Crippen LogP) is 3.94. The summed E-state index contributed by atoms with van der Waals surface area (Å²) in [7, 11) is 0. The molecule has 5 heteroatoms. The van der Waals surface area contributed by atoms with Gasteiger partial charge in [-0.1, -0.05) is 26.2 Å². The van der Waals surface area contributed by atoms with Crippen LogP contribution in [0, 0.1) is 0 Å². The minimum absolute atomic E-state index is 0.412. The number of rotatable bonds is 5. The van der Waals surface area contributed by atoms with Gasteiger partial charge in [-0.2, -0.15) is 4.98 Å². The van der Waals surface area contributed by atoms with Crippen molar-refractivity contribution >= 4 is 31.9 Å². The quantitative estimate of drug-likeness (QED) is 0.768. The molecule has 1 aromatic heterocycles. The van der Waals surface area contributed by atoms with E-state index in [-0.39, 0.29) is 0 Å². The van der Waals surface area contributed by atoms with Crippen LogP contribution in [-0.2, 0) is 0 Å². The van der Waals surface area contributed by atoms with E-state index >= 15 is 0 Å². The molecule has 0 fully saturated rings. The van der Waals surface area contributed by atoms with Gasteiger partial charge in [0.05, 0.1) is 6.04 Å². The molecule has 0 bridgehead atoms. The summed E-state index contributed by atoms with van der Waals surface area (Å²) in [5, 5.41) is 4.26. The summed E-state index contributed by atoms with van der Waals surface area (Å²) < 4.78 is 3.36. The number of halogens is 2. The van der Waals surface area contributed by atoms with Gasteiger partial charge in [-0.3, -0.25) is 0 Å². The van der Waals surface area contributed by atoms with E-state index in [0.29, 0.717) is 10.8 Å². The van der Waals surface area contributed by atoms with Crippen molar-refractivity contribution in [3.63, 3.8) is 0 Å². The highest BCUT2D eigenvalue weighted by molar-refractivity contribution is 9.11. The van der Waals surface area contributed by atoms with Crippen molar-refractivity contribution in [3.8, 4) is 0 Å². The van der Waals surface area contributed by atoms with Crippen LogP contribution in [0.5, 0.6) is 0 Å². The van der Waals surface area contributed by atoms with Crippen LogP contribution in [0.25, 0.3) is 0 Å². The molecule has 0 aliphatic rings. The highest BCUT2D eigenvalue weighted by atomic mass is 79.9. The molecule has 3 nitrogen and oxygen atoms in total. The Labute approximate surface area is 102 Å². The summed E-state index contributed by atoms with van der Waals surface area (Å²) in [5.74, 6) is 0. The lowest BCUT2D eigenvalue weighted by molar-refractivity contribution is 0.429. The molecule has 1 rings (SSSR count). The summed E-state index contributed by atoms with van der Waals surface area (Å²) in [6.45, 7) is 4.38. The normalized spacial score (nSPS) is 13.1.